The van der Waals surface area contributed by atoms with Crippen molar-refractivity contribution in [1.82, 2.24) is 30.4 Å². The maximum absolute atomic E-state index is 14.7. The number of guanidine groups is 1. The van der Waals surface area contributed by atoms with Gasteiger partial charge in [0.25, 0.3) is 0 Å². The second kappa shape index (κ2) is 16.0. The van der Waals surface area contributed by atoms with E-state index in [4.69, 9.17) is 16.9 Å². The molecule has 1 aliphatic heterocycles. The molecule has 4 aromatic rings. The summed E-state index contributed by atoms with van der Waals surface area (Å²) < 4.78 is 0. The number of fused-ring (bicyclic) bond motifs is 1. The molecule has 5 rings (SSSR count). The van der Waals surface area contributed by atoms with Crippen LogP contribution in [0.25, 0.3) is 10.8 Å². The SMILES string of the molecule is CC[C@H](NC(=N)N)C1CN(C(=O)Cc2ccc3ccccc3c2)C(C)CN1C(=O)C(Cc1ccc(C)cc1C)NC(=O)C(N)Cc1c[nH]cn1. The minimum Gasteiger partial charge on any atom is -0.370 e. The highest BCUT2D eigenvalue weighted by Crippen LogP contribution is 2.24. The third-order valence-electron chi connectivity index (χ3n) is 9.65. The first-order valence-corrected chi connectivity index (χ1v) is 17.2. The van der Waals surface area contributed by atoms with Gasteiger partial charge in [-0.2, -0.15) is 0 Å². The topological polar surface area (TPSA) is 186 Å². The summed E-state index contributed by atoms with van der Waals surface area (Å²) >= 11 is 0. The molecule has 0 aliphatic carbocycles. The molecule has 3 aromatic carbocycles. The number of piperazine rings is 1. The Bertz CT molecular complexity index is 1830. The molecule has 50 heavy (non-hydrogen) atoms. The van der Waals surface area contributed by atoms with E-state index in [0.717, 1.165) is 33.0 Å². The lowest BCUT2D eigenvalue weighted by Gasteiger charge is -2.49. The standard InChI is InChI=1S/C38H49N9O3/c1-5-32(45-38(40)41)34-21-46(35(48)16-26-11-13-27-8-6-7-9-29(27)15-26)25(4)20-47(34)37(50)33(17-28-12-10-23(2)14-24(28)3)44-36(49)31(39)18-30-19-42-22-43-30/h6-15,19,22,25,31-34H,5,16-18,20-21,39H2,1-4H3,(H,42,43)(H,44,49)(H4,40,41,45)/t25?,31?,32-,33?,34?/m0/s1. The van der Waals surface area contributed by atoms with Crippen LogP contribution in [0.15, 0.2) is 73.2 Å². The average Bonchev–Trinajstić information content (AvgIpc) is 3.60. The van der Waals surface area contributed by atoms with E-state index >= 15 is 0 Å². The Hall–Kier alpha value is -5.23. The van der Waals surface area contributed by atoms with Gasteiger partial charge in [-0.1, -0.05) is 73.2 Å². The summed E-state index contributed by atoms with van der Waals surface area (Å²) in [4.78, 5) is 52.8. The quantitative estimate of drug-likeness (QED) is 0.0982. The molecule has 0 saturated carbocycles. The first-order chi connectivity index (χ1) is 23.9. The molecule has 0 bridgehead atoms. The van der Waals surface area contributed by atoms with Crippen LogP contribution in [0.2, 0.25) is 0 Å². The number of carbonyl (C=O) groups excluding carboxylic acids is 3. The van der Waals surface area contributed by atoms with E-state index in [9.17, 15) is 14.4 Å². The number of imidazole rings is 1. The summed E-state index contributed by atoms with van der Waals surface area (Å²) in [5, 5.41) is 16.2. The fourth-order valence-corrected chi connectivity index (χ4v) is 6.93. The lowest BCUT2D eigenvalue weighted by atomic mass is 9.94. The van der Waals surface area contributed by atoms with Gasteiger partial charge in [0.15, 0.2) is 5.96 Å². The summed E-state index contributed by atoms with van der Waals surface area (Å²) in [5.74, 6) is -1.01. The number of aryl methyl sites for hydroxylation is 2. The van der Waals surface area contributed by atoms with Crippen molar-refractivity contribution in [2.75, 3.05) is 13.1 Å². The van der Waals surface area contributed by atoms with Gasteiger partial charge in [-0.15, -0.1) is 0 Å². The van der Waals surface area contributed by atoms with Crippen molar-refractivity contribution in [2.45, 2.75) is 83.6 Å². The average molecular weight is 680 g/mol. The minimum atomic E-state index is -0.932. The second-order valence-electron chi connectivity index (χ2n) is 13.5. The minimum absolute atomic E-state index is 0.0490. The number of hydrogen-bond acceptors (Lipinski definition) is 6. The van der Waals surface area contributed by atoms with Gasteiger partial charge in [-0.25, -0.2) is 4.98 Å². The monoisotopic (exact) mass is 679 g/mol. The van der Waals surface area contributed by atoms with Gasteiger partial charge in [0.2, 0.25) is 17.7 Å². The van der Waals surface area contributed by atoms with Gasteiger partial charge in [-0.05, 0) is 54.7 Å². The highest BCUT2D eigenvalue weighted by Gasteiger charge is 2.42. The van der Waals surface area contributed by atoms with Crippen LogP contribution in [0.4, 0.5) is 0 Å². The number of hydrogen-bond donors (Lipinski definition) is 6. The predicted molar refractivity (Wildman–Crippen MR) is 195 cm³/mol. The van der Waals surface area contributed by atoms with Crippen molar-refractivity contribution >= 4 is 34.5 Å². The van der Waals surface area contributed by atoms with Crippen molar-refractivity contribution < 1.29 is 14.4 Å². The number of nitrogens with one attached hydrogen (secondary N) is 4. The van der Waals surface area contributed by atoms with Crippen LogP contribution in [0.1, 0.15) is 48.2 Å². The highest BCUT2D eigenvalue weighted by molar-refractivity contribution is 5.91. The number of aromatic amines is 1. The number of benzene rings is 3. The van der Waals surface area contributed by atoms with E-state index < -0.39 is 30.1 Å². The van der Waals surface area contributed by atoms with E-state index in [1.54, 1.807) is 11.1 Å². The molecule has 2 heterocycles. The molecule has 1 aliphatic rings. The summed E-state index contributed by atoms with van der Waals surface area (Å²) in [6.45, 7) is 8.36. The number of nitrogens with zero attached hydrogens (tertiary/aromatic N) is 3. The summed E-state index contributed by atoms with van der Waals surface area (Å²) in [7, 11) is 0. The zero-order valence-electron chi connectivity index (χ0n) is 29.3. The molecule has 12 heteroatoms. The van der Waals surface area contributed by atoms with E-state index in [-0.39, 0.29) is 56.2 Å². The molecule has 5 atom stereocenters. The van der Waals surface area contributed by atoms with Crippen LogP contribution in [-0.4, -0.2) is 86.7 Å². The van der Waals surface area contributed by atoms with E-state index in [1.165, 1.54) is 6.33 Å². The Morgan fingerprint density at radius 2 is 1.76 bits per heavy atom. The molecular formula is C38H49N9O3. The van der Waals surface area contributed by atoms with Crippen LogP contribution in [-0.2, 0) is 33.6 Å². The van der Waals surface area contributed by atoms with Gasteiger partial charge in [0, 0.05) is 38.2 Å². The van der Waals surface area contributed by atoms with Crippen LogP contribution in [0.5, 0.6) is 0 Å². The molecular weight excluding hydrogens is 630 g/mol. The largest absolute Gasteiger partial charge is 0.370 e. The second-order valence-corrected chi connectivity index (χ2v) is 13.5. The third-order valence-corrected chi connectivity index (χ3v) is 9.65. The molecule has 0 spiro atoms. The lowest BCUT2D eigenvalue weighted by Crippen LogP contribution is -2.68. The highest BCUT2D eigenvalue weighted by atomic mass is 16.2. The molecule has 4 unspecified atom stereocenters. The van der Waals surface area contributed by atoms with E-state index in [1.807, 2.05) is 87.2 Å². The molecule has 1 aromatic heterocycles. The van der Waals surface area contributed by atoms with Crippen molar-refractivity contribution in [3.63, 3.8) is 0 Å². The number of H-pyrrole nitrogens is 1. The van der Waals surface area contributed by atoms with Crippen molar-refractivity contribution in [1.29, 1.82) is 5.41 Å². The van der Waals surface area contributed by atoms with Gasteiger partial charge >= 0.3 is 0 Å². The zero-order chi connectivity index (χ0) is 35.9. The number of nitrogens with two attached hydrogens (primary N) is 2. The van der Waals surface area contributed by atoms with E-state index in [0.29, 0.717) is 12.1 Å². The maximum atomic E-state index is 14.7. The van der Waals surface area contributed by atoms with Crippen LogP contribution >= 0.6 is 0 Å². The Morgan fingerprint density at radius 1 is 1.00 bits per heavy atom. The first kappa shape index (κ1) is 36.1. The summed E-state index contributed by atoms with van der Waals surface area (Å²) in [5.41, 5.74) is 16.7. The summed E-state index contributed by atoms with van der Waals surface area (Å²) in [6.07, 6.45) is 4.43. The van der Waals surface area contributed by atoms with Crippen LogP contribution < -0.4 is 22.1 Å². The fourth-order valence-electron chi connectivity index (χ4n) is 6.93. The first-order valence-electron chi connectivity index (χ1n) is 17.2. The fraction of sp³-hybridized carbons (Fsp3) is 0.395. The van der Waals surface area contributed by atoms with Crippen molar-refractivity contribution in [3.05, 3.63) is 101 Å². The molecule has 0 radical (unpaired) electrons. The smallest absolute Gasteiger partial charge is 0.245 e. The van der Waals surface area contributed by atoms with Crippen LogP contribution in [0.3, 0.4) is 0 Å². The van der Waals surface area contributed by atoms with Gasteiger partial charge in [0.05, 0.1) is 36.6 Å². The predicted octanol–water partition coefficient (Wildman–Crippen LogP) is 2.71. The number of carbonyl (C=O) groups is 3. The number of amides is 3. The zero-order valence-corrected chi connectivity index (χ0v) is 29.3. The van der Waals surface area contributed by atoms with Crippen molar-refractivity contribution in [3.8, 4) is 0 Å². The molecule has 1 fully saturated rings. The third kappa shape index (κ3) is 8.67. The van der Waals surface area contributed by atoms with E-state index in [2.05, 4.69) is 26.7 Å². The molecule has 3 amide bonds. The number of aromatic nitrogens is 2. The van der Waals surface area contributed by atoms with Crippen LogP contribution in [0, 0.1) is 19.3 Å². The van der Waals surface area contributed by atoms with Gasteiger partial charge in [-0.3, -0.25) is 19.8 Å². The Kier molecular flexibility index (Phi) is 11.5. The van der Waals surface area contributed by atoms with Gasteiger partial charge < -0.3 is 36.9 Å². The Balaban J connectivity index is 1.42. The van der Waals surface area contributed by atoms with Gasteiger partial charge in [0.1, 0.15) is 6.04 Å². The molecule has 264 valence electrons. The molecule has 1 saturated heterocycles. The lowest BCUT2D eigenvalue weighted by molar-refractivity contribution is -0.149. The number of rotatable bonds is 12. The molecule has 12 nitrogen and oxygen atoms in total. The molecule has 8 N–H and O–H groups in total. The Labute approximate surface area is 293 Å². The maximum Gasteiger partial charge on any atom is 0.245 e. The summed E-state index contributed by atoms with van der Waals surface area (Å²) in [6, 6.07) is 17.0. The normalized spacial score (nSPS) is 17.9. The Morgan fingerprint density at radius 3 is 2.44 bits per heavy atom. The van der Waals surface area contributed by atoms with Crippen molar-refractivity contribution in [2.24, 2.45) is 11.5 Å².